The maximum atomic E-state index is 5.28. The van der Waals surface area contributed by atoms with Crippen LogP contribution in [0.1, 0.15) is 27.2 Å². The summed E-state index contributed by atoms with van der Waals surface area (Å²) in [5.74, 6) is 0. The lowest BCUT2D eigenvalue weighted by Gasteiger charge is -2.39. The van der Waals surface area contributed by atoms with Gasteiger partial charge in [0.15, 0.2) is 0 Å². The van der Waals surface area contributed by atoms with Crippen molar-refractivity contribution in [3.05, 3.63) is 0 Å². The molecular weight excluding hydrogens is 226 g/mol. The maximum absolute atomic E-state index is 5.28. The van der Waals surface area contributed by atoms with Crippen LogP contribution in [-0.4, -0.2) is 74.9 Å². The Morgan fingerprint density at radius 2 is 1.83 bits per heavy atom. The molecule has 18 heavy (non-hydrogen) atoms. The minimum atomic E-state index is 0.468. The topological polar surface area (TPSA) is 27.7 Å². The summed E-state index contributed by atoms with van der Waals surface area (Å²) in [6.07, 6.45) is 1.25. The average Bonchev–Trinajstić information content (AvgIpc) is 2.39. The number of nitrogens with zero attached hydrogens (tertiary/aromatic N) is 2. The Morgan fingerprint density at radius 3 is 2.33 bits per heavy atom. The molecule has 0 amide bonds. The van der Waals surface area contributed by atoms with E-state index in [1.54, 1.807) is 7.11 Å². The Kier molecular flexibility index (Phi) is 7.82. The van der Waals surface area contributed by atoms with E-state index >= 15 is 0 Å². The third-order valence-corrected chi connectivity index (χ3v) is 3.96. The first-order valence-corrected chi connectivity index (χ1v) is 7.39. The van der Waals surface area contributed by atoms with Gasteiger partial charge in [-0.05, 0) is 19.9 Å². The molecule has 1 N–H and O–H groups in total. The lowest BCUT2D eigenvalue weighted by Crippen LogP contribution is -2.53. The smallest absolute Gasteiger partial charge is 0.0628 e. The molecule has 1 rings (SSSR count). The molecule has 1 heterocycles. The van der Waals surface area contributed by atoms with E-state index in [2.05, 4.69) is 35.9 Å². The van der Waals surface area contributed by atoms with Crippen LogP contribution in [0.5, 0.6) is 0 Å². The normalized spacial score (nSPS) is 22.0. The number of nitrogens with one attached hydrogen (secondary N) is 1. The van der Waals surface area contributed by atoms with E-state index in [1.165, 1.54) is 32.6 Å². The minimum absolute atomic E-state index is 0.468. The van der Waals surface area contributed by atoms with Gasteiger partial charge in [0.2, 0.25) is 0 Å². The highest BCUT2D eigenvalue weighted by molar-refractivity contribution is 4.79. The molecule has 0 spiro atoms. The molecule has 0 aromatic carbocycles. The molecular formula is C14H31N3O. The van der Waals surface area contributed by atoms with Gasteiger partial charge >= 0.3 is 0 Å². The molecule has 1 saturated heterocycles. The first-order valence-electron chi connectivity index (χ1n) is 7.39. The van der Waals surface area contributed by atoms with Crippen LogP contribution in [0.25, 0.3) is 0 Å². The molecule has 0 bridgehead atoms. The quantitative estimate of drug-likeness (QED) is 0.703. The van der Waals surface area contributed by atoms with Crippen molar-refractivity contribution in [3.63, 3.8) is 0 Å². The van der Waals surface area contributed by atoms with Crippen molar-refractivity contribution in [3.8, 4) is 0 Å². The van der Waals surface area contributed by atoms with Crippen LogP contribution in [-0.2, 0) is 4.74 Å². The summed E-state index contributed by atoms with van der Waals surface area (Å²) in [7, 11) is 1.78. The molecule has 0 radical (unpaired) electrons. The Morgan fingerprint density at radius 1 is 1.17 bits per heavy atom. The Hall–Kier alpha value is -0.160. The van der Waals surface area contributed by atoms with Crippen LogP contribution < -0.4 is 5.32 Å². The number of methoxy groups -OCH3 is 1. The van der Waals surface area contributed by atoms with Gasteiger partial charge < -0.3 is 10.1 Å². The third kappa shape index (κ3) is 5.22. The van der Waals surface area contributed by atoms with E-state index in [9.17, 15) is 0 Å². The number of hydrogen-bond donors (Lipinski definition) is 1. The summed E-state index contributed by atoms with van der Waals surface area (Å²) in [6.45, 7) is 14.5. The van der Waals surface area contributed by atoms with E-state index in [-0.39, 0.29) is 0 Å². The standard InChI is InChI=1S/C14H31N3O/c1-5-13(3)17-9-7-16(8-10-17)11-14(12-18-4)15-6-2/h13-15H,5-12H2,1-4H3. The van der Waals surface area contributed by atoms with Gasteiger partial charge in [0, 0.05) is 51.9 Å². The van der Waals surface area contributed by atoms with E-state index in [4.69, 9.17) is 4.74 Å². The third-order valence-electron chi connectivity index (χ3n) is 3.96. The van der Waals surface area contributed by atoms with Crippen LogP contribution in [0.3, 0.4) is 0 Å². The van der Waals surface area contributed by atoms with Gasteiger partial charge in [0.05, 0.1) is 6.61 Å². The minimum Gasteiger partial charge on any atom is -0.383 e. The molecule has 0 saturated carbocycles. The Bertz CT molecular complexity index is 199. The molecule has 1 aliphatic rings. The molecule has 0 aromatic rings. The highest BCUT2D eigenvalue weighted by Gasteiger charge is 2.21. The fourth-order valence-corrected chi connectivity index (χ4v) is 2.62. The van der Waals surface area contributed by atoms with Gasteiger partial charge in [0.1, 0.15) is 0 Å². The zero-order valence-corrected chi connectivity index (χ0v) is 12.6. The highest BCUT2D eigenvalue weighted by Crippen LogP contribution is 2.09. The van der Waals surface area contributed by atoms with E-state index < -0.39 is 0 Å². The second-order valence-electron chi connectivity index (χ2n) is 5.30. The van der Waals surface area contributed by atoms with Crippen LogP contribution in [0.15, 0.2) is 0 Å². The van der Waals surface area contributed by atoms with Crippen molar-refractivity contribution in [2.75, 3.05) is 53.0 Å². The summed E-state index contributed by atoms with van der Waals surface area (Å²) in [4.78, 5) is 5.17. The number of rotatable bonds is 8. The average molecular weight is 257 g/mol. The lowest BCUT2D eigenvalue weighted by molar-refractivity contribution is 0.0797. The Labute approximate surface area is 113 Å². The molecule has 1 aliphatic heterocycles. The van der Waals surface area contributed by atoms with Crippen molar-refractivity contribution >= 4 is 0 Å². The summed E-state index contributed by atoms with van der Waals surface area (Å²) >= 11 is 0. The van der Waals surface area contributed by atoms with E-state index in [1.807, 2.05) is 0 Å². The first kappa shape index (κ1) is 15.9. The van der Waals surface area contributed by atoms with Crippen molar-refractivity contribution < 1.29 is 4.74 Å². The highest BCUT2D eigenvalue weighted by atomic mass is 16.5. The lowest BCUT2D eigenvalue weighted by atomic mass is 10.1. The van der Waals surface area contributed by atoms with Crippen LogP contribution in [0.4, 0.5) is 0 Å². The monoisotopic (exact) mass is 257 g/mol. The van der Waals surface area contributed by atoms with E-state index in [0.29, 0.717) is 6.04 Å². The number of piperazine rings is 1. The second-order valence-corrected chi connectivity index (χ2v) is 5.30. The van der Waals surface area contributed by atoms with Gasteiger partial charge in [-0.1, -0.05) is 13.8 Å². The summed E-state index contributed by atoms with van der Waals surface area (Å²) in [5.41, 5.74) is 0. The first-order chi connectivity index (χ1) is 8.71. The second kappa shape index (κ2) is 8.86. The van der Waals surface area contributed by atoms with Crippen molar-refractivity contribution in [1.29, 1.82) is 0 Å². The Balaban J connectivity index is 2.28. The summed E-state index contributed by atoms with van der Waals surface area (Å²) in [5, 5.41) is 3.50. The van der Waals surface area contributed by atoms with Crippen molar-refractivity contribution in [2.24, 2.45) is 0 Å². The number of likely N-dealkylation sites (N-methyl/N-ethyl adjacent to an activating group) is 1. The molecule has 0 aromatic heterocycles. The van der Waals surface area contributed by atoms with Gasteiger partial charge in [-0.15, -0.1) is 0 Å². The SMILES string of the molecule is CCNC(COC)CN1CCN(C(C)CC)CC1. The maximum Gasteiger partial charge on any atom is 0.0628 e. The van der Waals surface area contributed by atoms with Gasteiger partial charge in [-0.25, -0.2) is 0 Å². The predicted molar refractivity (Wildman–Crippen MR) is 77.1 cm³/mol. The predicted octanol–water partition coefficient (Wildman–Crippen LogP) is 1.03. The molecule has 0 aliphatic carbocycles. The molecule has 4 nitrogen and oxygen atoms in total. The van der Waals surface area contributed by atoms with Crippen molar-refractivity contribution in [1.82, 2.24) is 15.1 Å². The fraction of sp³-hybridized carbons (Fsp3) is 1.00. The van der Waals surface area contributed by atoms with Crippen molar-refractivity contribution in [2.45, 2.75) is 39.3 Å². The van der Waals surface area contributed by atoms with Gasteiger partial charge in [-0.3, -0.25) is 9.80 Å². The molecule has 4 heteroatoms. The number of hydrogen-bond acceptors (Lipinski definition) is 4. The summed E-state index contributed by atoms with van der Waals surface area (Å²) < 4.78 is 5.28. The molecule has 2 atom stereocenters. The molecule has 108 valence electrons. The fourth-order valence-electron chi connectivity index (χ4n) is 2.62. The van der Waals surface area contributed by atoms with E-state index in [0.717, 1.165) is 25.7 Å². The van der Waals surface area contributed by atoms with Gasteiger partial charge in [-0.2, -0.15) is 0 Å². The zero-order valence-electron chi connectivity index (χ0n) is 12.6. The largest absolute Gasteiger partial charge is 0.383 e. The van der Waals surface area contributed by atoms with Crippen LogP contribution in [0, 0.1) is 0 Å². The van der Waals surface area contributed by atoms with Crippen LogP contribution >= 0.6 is 0 Å². The number of ether oxygens (including phenoxy) is 1. The molecule has 1 fully saturated rings. The molecule has 2 unspecified atom stereocenters. The van der Waals surface area contributed by atoms with Crippen LogP contribution in [0.2, 0.25) is 0 Å². The zero-order chi connectivity index (χ0) is 13.4. The summed E-state index contributed by atoms with van der Waals surface area (Å²) in [6, 6.07) is 1.20. The van der Waals surface area contributed by atoms with Gasteiger partial charge in [0.25, 0.3) is 0 Å².